The molecule has 0 aliphatic rings. The second-order valence-corrected chi connectivity index (χ2v) is 4.73. The monoisotopic (exact) mass is 265 g/mol. The summed E-state index contributed by atoms with van der Waals surface area (Å²) in [7, 11) is 9.74. The van der Waals surface area contributed by atoms with Gasteiger partial charge in [-0.15, -0.1) is 0 Å². The summed E-state index contributed by atoms with van der Waals surface area (Å²) in [6.45, 7) is 3.06. The van der Waals surface area contributed by atoms with Crippen molar-refractivity contribution in [2.75, 3.05) is 68.3 Å². The van der Waals surface area contributed by atoms with Crippen LogP contribution in [-0.2, 0) is 19.0 Å². The van der Waals surface area contributed by atoms with Gasteiger partial charge < -0.3 is 28.6 Å². The SMILES string of the molecule is COCCOCCC(=O)[O-].COCC[N+](C)(C)C. The molecule has 0 radical (unpaired) electrons. The number of carbonyl (C=O) groups excluding carboxylic acids is 1. The molecule has 6 heteroatoms. The Balaban J connectivity index is 0. The maximum absolute atomic E-state index is 9.81. The third-order valence-corrected chi connectivity index (χ3v) is 1.85. The molecule has 6 nitrogen and oxygen atoms in total. The Hall–Kier alpha value is -0.690. The van der Waals surface area contributed by atoms with E-state index >= 15 is 0 Å². The highest BCUT2D eigenvalue weighted by Gasteiger charge is 2.03. The summed E-state index contributed by atoms with van der Waals surface area (Å²) >= 11 is 0. The third-order valence-electron chi connectivity index (χ3n) is 1.85. The molecular formula is C12H27NO5. The van der Waals surface area contributed by atoms with Gasteiger partial charge in [-0.2, -0.15) is 0 Å². The van der Waals surface area contributed by atoms with E-state index in [-0.39, 0.29) is 13.0 Å². The van der Waals surface area contributed by atoms with E-state index in [0.717, 1.165) is 17.6 Å². The first kappa shape index (κ1) is 19.6. The molecule has 0 saturated carbocycles. The van der Waals surface area contributed by atoms with Crippen LogP contribution in [0.15, 0.2) is 0 Å². The summed E-state index contributed by atoms with van der Waals surface area (Å²) in [5, 5.41) is 9.81. The van der Waals surface area contributed by atoms with Gasteiger partial charge >= 0.3 is 0 Å². The van der Waals surface area contributed by atoms with Gasteiger partial charge in [-0.3, -0.25) is 0 Å². The molecule has 0 amide bonds. The molecule has 0 unspecified atom stereocenters. The smallest absolute Gasteiger partial charge is 0.102 e. The molecule has 0 aliphatic carbocycles. The van der Waals surface area contributed by atoms with Crippen molar-refractivity contribution in [2.45, 2.75) is 6.42 Å². The van der Waals surface area contributed by atoms with E-state index < -0.39 is 5.97 Å². The first-order valence-corrected chi connectivity index (χ1v) is 5.89. The van der Waals surface area contributed by atoms with Crippen LogP contribution in [0, 0.1) is 0 Å². The molecule has 0 N–H and O–H groups in total. The van der Waals surface area contributed by atoms with Crippen LogP contribution in [0.3, 0.4) is 0 Å². The number of rotatable bonds is 9. The van der Waals surface area contributed by atoms with Gasteiger partial charge in [0.2, 0.25) is 0 Å². The lowest BCUT2D eigenvalue weighted by Gasteiger charge is -2.22. The molecule has 18 heavy (non-hydrogen) atoms. The van der Waals surface area contributed by atoms with Crippen LogP contribution in [0.25, 0.3) is 0 Å². The molecule has 0 rings (SSSR count). The zero-order chi connectivity index (χ0) is 14.4. The van der Waals surface area contributed by atoms with Gasteiger partial charge in [0.25, 0.3) is 0 Å². The standard InChI is InChI=1S/C6H16NO.C6H12O4/c1-7(2,3)5-6-8-4;1-9-4-5-10-3-2-6(7)8/h5-6H2,1-4H3;2-5H2,1H3,(H,7,8)/q+1;/p-1. The molecule has 0 heterocycles. The Morgan fingerprint density at radius 1 is 1.00 bits per heavy atom. The Morgan fingerprint density at radius 2 is 1.56 bits per heavy atom. The quantitative estimate of drug-likeness (QED) is 0.400. The Morgan fingerprint density at radius 3 is 1.89 bits per heavy atom. The molecule has 0 atom stereocenters. The van der Waals surface area contributed by atoms with E-state index in [1.54, 1.807) is 14.2 Å². The first-order valence-electron chi connectivity index (χ1n) is 5.89. The number of quaternary nitrogens is 1. The lowest BCUT2D eigenvalue weighted by Crippen LogP contribution is -2.37. The molecule has 0 aromatic rings. The fourth-order valence-electron chi connectivity index (χ4n) is 0.765. The maximum atomic E-state index is 9.81. The van der Waals surface area contributed by atoms with Crippen LogP contribution in [-0.4, -0.2) is 78.8 Å². The fraction of sp³-hybridized carbons (Fsp3) is 0.917. The predicted molar refractivity (Wildman–Crippen MR) is 67.1 cm³/mol. The zero-order valence-corrected chi connectivity index (χ0v) is 12.2. The van der Waals surface area contributed by atoms with Crippen LogP contribution in [0.1, 0.15) is 6.42 Å². The summed E-state index contributed by atoms with van der Waals surface area (Å²) in [5.41, 5.74) is 0. The fourth-order valence-corrected chi connectivity index (χ4v) is 0.765. The second kappa shape index (κ2) is 12.8. The van der Waals surface area contributed by atoms with Crippen LogP contribution in [0.5, 0.6) is 0 Å². The molecule has 0 aromatic carbocycles. The lowest BCUT2D eigenvalue weighted by atomic mass is 10.5. The molecule has 110 valence electrons. The van der Waals surface area contributed by atoms with Crippen molar-refractivity contribution in [1.29, 1.82) is 0 Å². The molecular weight excluding hydrogens is 238 g/mol. The summed E-state index contributed by atoms with van der Waals surface area (Å²) < 4.78 is 15.4. The number of hydrogen-bond acceptors (Lipinski definition) is 5. The molecule has 0 fully saturated rings. The maximum Gasteiger partial charge on any atom is 0.102 e. The van der Waals surface area contributed by atoms with Crippen molar-refractivity contribution in [1.82, 2.24) is 0 Å². The highest BCUT2D eigenvalue weighted by atomic mass is 16.5. The normalized spacial score (nSPS) is 10.7. The van der Waals surface area contributed by atoms with Gasteiger partial charge in [-0.05, 0) is 0 Å². The van der Waals surface area contributed by atoms with Crippen molar-refractivity contribution < 1.29 is 28.6 Å². The third kappa shape index (κ3) is 24.5. The largest absolute Gasteiger partial charge is 0.550 e. The summed E-state index contributed by atoms with van der Waals surface area (Å²) in [4.78, 5) is 9.81. The van der Waals surface area contributed by atoms with Crippen molar-refractivity contribution in [2.24, 2.45) is 0 Å². The Bertz CT molecular complexity index is 191. The van der Waals surface area contributed by atoms with Crippen molar-refractivity contribution in [3.63, 3.8) is 0 Å². The highest BCUT2D eigenvalue weighted by Crippen LogP contribution is 1.87. The minimum Gasteiger partial charge on any atom is -0.550 e. The summed E-state index contributed by atoms with van der Waals surface area (Å²) in [6, 6.07) is 0. The van der Waals surface area contributed by atoms with E-state index in [9.17, 15) is 9.90 Å². The molecule has 0 spiro atoms. The zero-order valence-electron chi connectivity index (χ0n) is 12.2. The lowest BCUT2D eigenvalue weighted by molar-refractivity contribution is -0.870. The minimum atomic E-state index is -1.09. The average Bonchev–Trinajstić information content (AvgIpc) is 2.25. The number of nitrogens with zero attached hydrogens (tertiary/aromatic N) is 1. The predicted octanol–water partition coefficient (Wildman–Crippen LogP) is -0.872. The highest BCUT2D eigenvalue weighted by molar-refractivity contribution is 5.64. The van der Waals surface area contributed by atoms with Crippen LogP contribution in [0.4, 0.5) is 0 Å². The van der Waals surface area contributed by atoms with E-state index in [0.29, 0.717) is 13.2 Å². The van der Waals surface area contributed by atoms with E-state index in [2.05, 4.69) is 25.9 Å². The number of carboxylic acids is 1. The summed E-state index contributed by atoms with van der Waals surface area (Å²) in [5.74, 6) is -1.09. The summed E-state index contributed by atoms with van der Waals surface area (Å²) in [6.07, 6.45) is -0.0519. The Labute approximate surface area is 110 Å². The van der Waals surface area contributed by atoms with Crippen molar-refractivity contribution in [3.8, 4) is 0 Å². The van der Waals surface area contributed by atoms with Crippen LogP contribution >= 0.6 is 0 Å². The number of aliphatic carboxylic acids is 1. The van der Waals surface area contributed by atoms with E-state index in [1.807, 2.05) is 0 Å². The molecule has 0 saturated heterocycles. The van der Waals surface area contributed by atoms with Crippen LogP contribution in [0.2, 0.25) is 0 Å². The number of ether oxygens (including phenoxy) is 3. The van der Waals surface area contributed by atoms with Crippen molar-refractivity contribution >= 4 is 5.97 Å². The minimum absolute atomic E-state index is 0.0519. The van der Waals surface area contributed by atoms with E-state index in [4.69, 9.17) is 9.47 Å². The molecule has 0 aromatic heterocycles. The average molecular weight is 265 g/mol. The topological polar surface area (TPSA) is 67.8 Å². The van der Waals surface area contributed by atoms with Gasteiger partial charge in [0.15, 0.2) is 0 Å². The second-order valence-electron chi connectivity index (χ2n) is 4.73. The van der Waals surface area contributed by atoms with Gasteiger partial charge in [-0.25, -0.2) is 0 Å². The van der Waals surface area contributed by atoms with Gasteiger partial charge in [-0.1, -0.05) is 0 Å². The number of hydrogen-bond donors (Lipinski definition) is 0. The number of likely N-dealkylation sites (N-methyl/N-ethyl adjacent to an activating group) is 1. The first-order chi connectivity index (χ1) is 8.33. The number of carboxylic acid groups (broad SMARTS) is 1. The van der Waals surface area contributed by atoms with Gasteiger partial charge in [0, 0.05) is 26.6 Å². The van der Waals surface area contributed by atoms with Crippen molar-refractivity contribution in [3.05, 3.63) is 0 Å². The van der Waals surface area contributed by atoms with Gasteiger partial charge in [0.05, 0.1) is 47.6 Å². The van der Waals surface area contributed by atoms with Gasteiger partial charge in [0.1, 0.15) is 6.54 Å². The molecule has 0 bridgehead atoms. The number of carbonyl (C=O) groups is 1. The Kier molecular flexibility index (Phi) is 13.9. The van der Waals surface area contributed by atoms with E-state index in [1.165, 1.54) is 0 Å². The molecule has 0 aliphatic heterocycles. The van der Waals surface area contributed by atoms with Crippen LogP contribution < -0.4 is 5.11 Å². The number of methoxy groups -OCH3 is 2.